The third-order valence-electron chi connectivity index (χ3n) is 6.15. The molecule has 2 amide bonds. The van der Waals surface area contributed by atoms with Crippen LogP contribution in [0.4, 0.5) is 22.7 Å². The predicted octanol–water partition coefficient (Wildman–Crippen LogP) is 3.86. The third-order valence-corrected chi connectivity index (χ3v) is 6.15. The van der Waals surface area contributed by atoms with Gasteiger partial charge in [-0.3, -0.25) is 34.7 Å². The zero-order valence-electron chi connectivity index (χ0n) is 18.3. The summed E-state index contributed by atoms with van der Waals surface area (Å²) in [5, 5.41) is 23.7. The Morgan fingerprint density at radius 2 is 1.46 bits per heavy atom. The van der Waals surface area contributed by atoms with Crippen LogP contribution in [0.5, 0.6) is 0 Å². The van der Waals surface area contributed by atoms with E-state index in [1.165, 1.54) is 47.5 Å². The Morgan fingerprint density at radius 1 is 0.800 bits per heavy atom. The molecule has 3 atom stereocenters. The molecule has 0 radical (unpaired) electrons. The number of nitro groups is 2. The van der Waals surface area contributed by atoms with Gasteiger partial charge in [-0.1, -0.05) is 35.9 Å². The van der Waals surface area contributed by atoms with E-state index >= 15 is 0 Å². The van der Waals surface area contributed by atoms with Crippen LogP contribution in [-0.2, 0) is 14.4 Å². The highest BCUT2D eigenvalue weighted by molar-refractivity contribution is 6.24. The standard InChI is InChI=1S/C24H18N4O7/c1-14-5-7-15(8-6-14)21-20-22(35-26(21)18-3-2-4-19(13-18)28(33)34)24(30)25(23(20)29)16-9-11-17(12-10-16)27(31)32/h2-13,20-22H,1H3/t20-,21+,22+/m0/s1. The molecule has 176 valence electrons. The Kier molecular flexibility index (Phi) is 5.25. The second kappa shape index (κ2) is 8.29. The van der Waals surface area contributed by atoms with Crippen LogP contribution in [0.15, 0.2) is 72.8 Å². The van der Waals surface area contributed by atoms with Crippen molar-refractivity contribution in [1.82, 2.24) is 0 Å². The Morgan fingerprint density at radius 3 is 2.09 bits per heavy atom. The maximum Gasteiger partial charge on any atom is 0.271 e. The fourth-order valence-corrected chi connectivity index (χ4v) is 4.46. The Hall–Kier alpha value is -4.64. The van der Waals surface area contributed by atoms with Gasteiger partial charge in [0.25, 0.3) is 17.3 Å². The highest BCUT2D eigenvalue weighted by Gasteiger charge is 2.60. The zero-order valence-corrected chi connectivity index (χ0v) is 18.3. The Labute approximate surface area is 198 Å². The molecule has 0 bridgehead atoms. The number of carbonyl (C=O) groups excluding carboxylic acids is 2. The first-order valence-electron chi connectivity index (χ1n) is 10.7. The van der Waals surface area contributed by atoms with E-state index in [-0.39, 0.29) is 17.1 Å². The largest absolute Gasteiger partial charge is 0.273 e. The van der Waals surface area contributed by atoms with E-state index in [1.807, 2.05) is 31.2 Å². The van der Waals surface area contributed by atoms with E-state index in [4.69, 9.17) is 4.84 Å². The number of aryl methyl sites for hydroxylation is 1. The molecule has 11 heteroatoms. The molecular weight excluding hydrogens is 456 g/mol. The van der Waals surface area contributed by atoms with Crippen molar-refractivity contribution in [2.45, 2.75) is 19.1 Å². The van der Waals surface area contributed by atoms with E-state index in [9.17, 15) is 29.8 Å². The maximum atomic E-state index is 13.6. The molecule has 35 heavy (non-hydrogen) atoms. The molecule has 2 fully saturated rings. The smallest absolute Gasteiger partial charge is 0.271 e. The van der Waals surface area contributed by atoms with Crippen molar-refractivity contribution in [1.29, 1.82) is 0 Å². The number of hydroxylamine groups is 1. The van der Waals surface area contributed by atoms with Gasteiger partial charge in [0.05, 0.1) is 27.3 Å². The first kappa shape index (κ1) is 22.2. The Balaban J connectivity index is 1.56. The SMILES string of the molecule is Cc1ccc([C@@H]2[C@@H]3C(=O)N(c4ccc([N+](=O)[O-])cc4)C(=O)[C@@H]3ON2c2cccc([N+](=O)[O-])c2)cc1. The molecule has 5 rings (SSSR count). The lowest BCUT2D eigenvalue weighted by Gasteiger charge is -2.28. The van der Waals surface area contributed by atoms with Crippen LogP contribution >= 0.6 is 0 Å². The summed E-state index contributed by atoms with van der Waals surface area (Å²) in [5.74, 6) is -2.06. The molecule has 3 aromatic rings. The number of amides is 2. The molecular formula is C24H18N4O7. The van der Waals surface area contributed by atoms with E-state index in [0.29, 0.717) is 11.3 Å². The second-order valence-electron chi connectivity index (χ2n) is 8.30. The second-order valence-corrected chi connectivity index (χ2v) is 8.30. The van der Waals surface area contributed by atoms with Gasteiger partial charge in [-0.15, -0.1) is 0 Å². The molecule has 0 aromatic heterocycles. The van der Waals surface area contributed by atoms with E-state index in [1.54, 1.807) is 6.07 Å². The van der Waals surface area contributed by atoms with E-state index in [2.05, 4.69) is 0 Å². The van der Waals surface area contributed by atoms with Crippen LogP contribution in [0, 0.1) is 33.1 Å². The maximum absolute atomic E-state index is 13.6. The molecule has 2 heterocycles. The summed E-state index contributed by atoms with van der Waals surface area (Å²) in [5.41, 5.74) is 1.90. The number of carbonyl (C=O) groups is 2. The lowest BCUT2D eigenvalue weighted by Crippen LogP contribution is -2.37. The molecule has 0 N–H and O–H groups in total. The number of nitro benzene ring substituents is 2. The van der Waals surface area contributed by atoms with Crippen molar-refractivity contribution in [2.75, 3.05) is 9.96 Å². The molecule has 11 nitrogen and oxygen atoms in total. The topological polar surface area (TPSA) is 136 Å². The van der Waals surface area contributed by atoms with Gasteiger partial charge in [-0.25, -0.2) is 9.96 Å². The van der Waals surface area contributed by atoms with Crippen LogP contribution in [0.25, 0.3) is 0 Å². The number of benzene rings is 3. The van der Waals surface area contributed by atoms with Crippen LogP contribution in [0.2, 0.25) is 0 Å². The fourth-order valence-electron chi connectivity index (χ4n) is 4.46. The number of nitrogens with zero attached hydrogens (tertiary/aromatic N) is 4. The van der Waals surface area contributed by atoms with Crippen molar-refractivity contribution >= 4 is 34.6 Å². The van der Waals surface area contributed by atoms with Gasteiger partial charge in [0, 0.05) is 24.3 Å². The molecule has 2 aliphatic heterocycles. The predicted molar refractivity (Wildman–Crippen MR) is 123 cm³/mol. The summed E-state index contributed by atoms with van der Waals surface area (Å²) in [7, 11) is 0. The minimum Gasteiger partial charge on any atom is -0.273 e. The molecule has 2 aliphatic rings. The summed E-state index contributed by atoms with van der Waals surface area (Å²) in [4.78, 5) is 55.0. The summed E-state index contributed by atoms with van der Waals surface area (Å²) >= 11 is 0. The highest BCUT2D eigenvalue weighted by Crippen LogP contribution is 2.48. The number of hydrogen-bond donors (Lipinski definition) is 0. The molecule has 0 spiro atoms. The van der Waals surface area contributed by atoms with Crippen LogP contribution in [0.1, 0.15) is 17.2 Å². The molecule has 0 unspecified atom stereocenters. The molecule has 3 aromatic carbocycles. The minimum atomic E-state index is -1.16. The van der Waals surface area contributed by atoms with Crippen LogP contribution in [0.3, 0.4) is 0 Å². The van der Waals surface area contributed by atoms with E-state index in [0.717, 1.165) is 10.5 Å². The summed E-state index contributed by atoms with van der Waals surface area (Å²) in [6, 6.07) is 17.5. The van der Waals surface area contributed by atoms with Crippen molar-refractivity contribution < 1.29 is 24.3 Å². The minimum absolute atomic E-state index is 0.157. The molecule has 0 aliphatic carbocycles. The van der Waals surface area contributed by atoms with Gasteiger partial charge in [-0.05, 0) is 30.7 Å². The fraction of sp³-hybridized carbons (Fsp3) is 0.167. The summed E-state index contributed by atoms with van der Waals surface area (Å²) in [6.07, 6.45) is -1.16. The van der Waals surface area contributed by atoms with Crippen molar-refractivity contribution in [3.8, 4) is 0 Å². The normalized spacial score (nSPS) is 21.3. The molecule has 0 saturated carbocycles. The van der Waals surface area contributed by atoms with Crippen molar-refractivity contribution in [3.05, 3.63) is 104 Å². The lowest BCUT2D eigenvalue weighted by molar-refractivity contribution is -0.385. The highest BCUT2D eigenvalue weighted by atomic mass is 16.7. The molecule has 2 saturated heterocycles. The van der Waals surface area contributed by atoms with Gasteiger partial charge in [0.1, 0.15) is 5.92 Å². The monoisotopic (exact) mass is 474 g/mol. The number of rotatable bonds is 5. The number of non-ortho nitro benzene ring substituents is 2. The van der Waals surface area contributed by atoms with Gasteiger partial charge < -0.3 is 0 Å². The lowest BCUT2D eigenvalue weighted by atomic mass is 9.90. The van der Waals surface area contributed by atoms with Crippen molar-refractivity contribution in [2.24, 2.45) is 5.92 Å². The number of imide groups is 1. The number of hydrogen-bond acceptors (Lipinski definition) is 8. The zero-order chi connectivity index (χ0) is 24.9. The van der Waals surface area contributed by atoms with Gasteiger partial charge in [0.15, 0.2) is 6.10 Å². The van der Waals surface area contributed by atoms with Crippen molar-refractivity contribution in [3.63, 3.8) is 0 Å². The average Bonchev–Trinajstić information content (AvgIpc) is 3.35. The average molecular weight is 474 g/mol. The summed E-state index contributed by atoms with van der Waals surface area (Å²) < 4.78 is 0. The Bertz CT molecular complexity index is 1360. The first-order valence-corrected chi connectivity index (χ1v) is 10.7. The summed E-state index contributed by atoms with van der Waals surface area (Å²) in [6.45, 7) is 1.91. The van der Waals surface area contributed by atoms with Crippen LogP contribution < -0.4 is 9.96 Å². The van der Waals surface area contributed by atoms with Gasteiger partial charge in [0.2, 0.25) is 5.91 Å². The first-order chi connectivity index (χ1) is 16.8. The van der Waals surface area contributed by atoms with Gasteiger partial charge >= 0.3 is 0 Å². The third kappa shape index (κ3) is 3.67. The van der Waals surface area contributed by atoms with Crippen LogP contribution in [-0.4, -0.2) is 27.8 Å². The number of anilines is 2. The van der Waals surface area contributed by atoms with E-state index < -0.39 is 39.7 Å². The number of fused-ring (bicyclic) bond motifs is 1. The van der Waals surface area contributed by atoms with Gasteiger partial charge in [-0.2, -0.15) is 0 Å². The quantitative estimate of drug-likeness (QED) is 0.309.